The Morgan fingerprint density at radius 1 is 1.53 bits per heavy atom. The van der Waals surface area contributed by atoms with Gasteiger partial charge in [0.15, 0.2) is 0 Å². The molecule has 0 saturated heterocycles. The first-order valence-corrected chi connectivity index (χ1v) is 5.77. The van der Waals surface area contributed by atoms with Crippen molar-refractivity contribution in [2.24, 2.45) is 0 Å². The van der Waals surface area contributed by atoms with Crippen LogP contribution >= 0.6 is 0 Å². The lowest BCUT2D eigenvalue weighted by molar-refractivity contribution is 0.0694. The minimum Gasteiger partial charge on any atom is -0.478 e. The van der Waals surface area contributed by atoms with E-state index in [1.807, 2.05) is 12.1 Å². The summed E-state index contributed by atoms with van der Waals surface area (Å²) in [7, 11) is 1.69. The van der Waals surface area contributed by atoms with Gasteiger partial charge < -0.3 is 9.84 Å². The Kier molecular flexibility index (Phi) is 3.76. The molecule has 1 aromatic rings. The fourth-order valence-corrected chi connectivity index (χ4v) is 2.28. The van der Waals surface area contributed by atoms with E-state index in [-0.39, 0.29) is 0 Å². The number of rotatable bonds is 4. The summed E-state index contributed by atoms with van der Waals surface area (Å²) in [6, 6.07) is 5.52. The molecule has 0 saturated carbocycles. The number of carboxylic acids is 1. The number of ether oxygens (including phenoxy) is 1. The zero-order chi connectivity index (χ0) is 12.3. The quantitative estimate of drug-likeness (QED) is 0.856. The molecule has 1 heterocycles. The average Bonchev–Trinajstić information content (AvgIpc) is 2.35. The van der Waals surface area contributed by atoms with Crippen molar-refractivity contribution in [1.82, 2.24) is 4.90 Å². The van der Waals surface area contributed by atoms with Crippen LogP contribution in [-0.4, -0.2) is 42.8 Å². The Labute approximate surface area is 101 Å². The number of carbonyl (C=O) groups is 1. The van der Waals surface area contributed by atoms with Gasteiger partial charge in [0, 0.05) is 26.7 Å². The Hall–Kier alpha value is -1.39. The second-order valence-corrected chi connectivity index (χ2v) is 4.27. The molecule has 1 aliphatic heterocycles. The predicted molar refractivity (Wildman–Crippen MR) is 64.3 cm³/mol. The van der Waals surface area contributed by atoms with Gasteiger partial charge in [-0.05, 0) is 23.6 Å². The van der Waals surface area contributed by atoms with Crippen molar-refractivity contribution in [3.05, 3.63) is 34.9 Å². The molecule has 0 bridgehead atoms. The molecule has 0 amide bonds. The molecular formula is C13H17NO3. The maximum Gasteiger partial charge on any atom is 0.335 e. The molecule has 4 heteroatoms. The third-order valence-corrected chi connectivity index (χ3v) is 3.19. The van der Waals surface area contributed by atoms with Gasteiger partial charge in [0.2, 0.25) is 0 Å². The van der Waals surface area contributed by atoms with Crippen molar-refractivity contribution in [3.63, 3.8) is 0 Å². The van der Waals surface area contributed by atoms with Crippen LogP contribution in [0.1, 0.15) is 21.5 Å². The lowest BCUT2D eigenvalue weighted by Crippen LogP contribution is -2.33. The summed E-state index contributed by atoms with van der Waals surface area (Å²) < 4.78 is 5.06. The van der Waals surface area contributed by atoms with E-state index in [0.717, 1.165) is 37.2 Å². The largest absolute Gasteiger partial charge is 0.478 e. The van der Waals surface area contributed by atoms with E-state index in [1.165, 1.54) is 0 Å². The van der Waals surface area contributed by atoms with Gasteiger partial charge in [0.25, 0.3) is 0 Å². The van der Waals surface area contributed by atoms with Crippen molar-refractivity contribution in [3.8, 4) is 0 Å². The zero-order valence-electron chi connectivity index (χ0n) is 9.98. The smallest absolute Gasteiger partial charge is 0.335 e. The van der Waals surface area contributed by atoms with E-state index in [0.29, 0.717) is 12.2 Å². The lowest BCUT2D eigenvalue weighted by atomic mass is 9.94. The lowest BCUT2D eigenvalue weighted by Gasteiger charge is -2.29. The molecule has 1 aromatic carbocycles. The number of benzene rings is 1. The summed E-state index contributed by atoms with van der Waals surface area (Å²) in [5.41, 5.74) is 2.58. The highest BCUT2D eigenvalue weighted by molar-refractivity contribution is 5.89. The average molecular weight is 235 g/mol. The predicted octanol–water partition coefficient (Wildman–Crippen LogP) is 1.39. The fourth-order valence-electron chi connectivity index (χ4n) is 2.28. The molecule has 1 aliphatic rings. The Morgan fingerprint density at radius 2 is 2.35 bits per heavy atom. The van der Waals surface area contributed by atoms with Gasteiger partial charge in [0.05, 0.1) is 12.2 Å². The van der Waals surface area contributed by atoms with Crippen LogP contribution in [0.3, 0.4) is 0 Å². The molecule has 4 nitrogen and oxygen atoms in total. The number of fused-ring (bicyclic) bond motifs is 1. The summed E-state index contributed by atoms with van der Waals surface area (Å²) in [6.45, 7) is 3.33. The second kappa shape index (κ2) is 5.29. The van der Waals surface area contributed by atoms with Crippen LogP contribution in [-0.2, 0) is 17.7 Å². The summed E-state index contributed by atoms with van der Waals surface area (Å²) in [5.74, 6) is -0.827. The van der Waals surface area contributed by atoms with Gasteiger partial charge in [-0.3, -0.25) is 4.90 Å². The van der Waals surface area contributed by atoms with Gasteiger partial charge in [-0.1, -0.05) is 12.1 Å². The number of nitrogens with zero attached hydrogens (tertiary/aromatic N) is 1. The molecular weight excluding hydrogens is 218 g/mol. The van der Waals surface area contributed by atoms with Crippen LogP contribution in [0.25, 0.3) is 0 Å². The van der Waals surface area contributed by atoms with E-state index in [2.05, 4.69) is 4.90 Å². The maximum absolute atomic E-state index is 11.1. The van der Waals surface area contributed by atoms with Gasteiger partial charge in [-0.15, -0.1) is 0 Å². The monoisotopic (exact) mass is 235 g/mol. The second-order valence-electron chi connectivity index (χ2n) is 4.27. The molecule has 0 aliphatic carbocycles. The van der Waals surface area contributed by atoms with Gasteiger partial charge >= 0.3 is 5.97 Å². The molecule has 0 fully saturated rings. The molecule has 0 unspecified atom stereocenters. The minimum atomic E-state index is -0.827. The maximum atomic E-state index is 11.1. The molecule has 92 valence electrons. The highest BCUT2D eigenvalue weighted by Crippen LogP contribution is 2.22. The van der Waals surface area contributed by atoms with Crippen molar-refractivity contribution in [2.75, 3.05) is 26.8 Å². The molecule has 0 spiro atoms. The highest BCUT2D eigenvalue weighted by Gasteiger charge is 2.20. The molecule has 0 aromatic heterocycles. The number of hydrogen-bond acceptors (Lipinski definition) is 3. The molecule has 0 atom stereocenters. The van der Waals surface area contributed by atoms with Gasteiger partial charge in [-0.2, -0.15) is 0 Å². The van der Waals surface area contributed by atoms with E-state index in [4.69, 9.17) is 9.84 Å². The third-order valence-electron chi connectivity index (χ3n) is 3.19. The minimum absolute atomic E-state index is 0.453. The Balaban J connectivity index is 2.16. The normalized spacial score (nSPS) is 15.6. The van der Waals surface area contributed by atoms with Crippen molar-refractivity contribution in [1.29, 1.82) is 0 Å². The van der Waals surface area contributed by atoms with Crippen molar-refractivity contribution < 1.29 is 14.6 Å². The highest BCUT2D eigenvalue weighted by atomic mass is 16.5. The first-order valence-electron chi connectivity index (χ1n) is 5.77. The number of aromatic carboxylic acids is 1. The summed E-state index contributed by atoms with van der Waals surface area (Å²) in [5, 5.41) is 9.11. The SMILES string of the molecule is COCCN1CCc2c(cccc2C(=O)O)C1. The summed E-state index contributed by atoms with van der Waals surface area (Å²) in [6.07, 6.45) is 0.807. The standard InChI is InChI=1S/C13H17NO3/c1-17-8-7-14-6-5-11-10(9-14)3-2-4-12(11)13(15)16/h2-4H,5-9H2,1H3,(H,15,16). The van der Waals surface area contributed by atoms with Crippen molar-refractivity contribution >= 4 is 5.97 Å². The van der Waals surface area contributed by atoms with Gasteiger partial charge in [0.1, 0.15) is 0 Å². The van der Waals surface area contributed by atoms with Crippen LogP contribution in [0, 0.1) is 0 Å². The zero-order valence-corrected chi connectivity index (χ0v) is 9.98. The molecule has 2 rings (SSSR count). The van der Waals surface area contributed by atoms with Crippen LogP contribution in [0.2, 0.25) is 0 Å². The number of methoxy groups -OCH3 is 1. The molecule has 1 N–H and O–H groups in total. The van der Waals surface area contributed by atoms with Crippen LogP contribution in [0.4, 0.5) is 0 Å². The summed E-state index contributed by atoms with van der Waals surface area (Å²) in [4.78, 5) is 13.4. The van der Waals surface area contributed by atoms with Crippen LogP contribution in [0.5, 0.6) is 0 Å². The Bertz CT molecular complexity index is 417. The fraction of sp³-hybridized carbons (Fsp3) is 0.462. The first-order chi connectivity index (χ1) is 8.22. The number of carboxylic acid groups (broad SMARTS) is 1. The van der Waals surface area contributed by atoms with Crippen molar-refractivity contribution in [2.45, 2.75) is 13.0 Å². The van der Waals surface area contributed by atoms with E-state index in [1.54, 1.807) is 13.2 Å². The van der Waals surface area contributed by atoms with E-state index >= 15 is 0 Å². The summed E-state index contributed by atoms with van der Waals surface area (Å²) >= 11 is 0. The molecule has 17 heavy (non-hydrogen) atoms. The van der Waals surface area contributed by atoms with E-state index < -0.39 is 5.97 Å². The Morgan fingerprint density at radius 3 is 3.06 bits per heavy atom. The van der Waals surface area contributed by atoms with Gasteiger partial charge in [-0.25, -0.2) is 4.79 Å². The molecule has 0 radical (unpaired) electrons. The van der Waals surface area contributed by atoms with E-state index in [9.17, 15) is 4.79 Å². The first kappa shape index (κ1) is 12.1. The van der Waals surface area contributed by atoms with Crippen LogP contribution < -0.4 is 0 Å². The number of hydrogen-bond donors (Lipinski definition) is 1. The van der Waals surface area contributed by atoms with Crippen LogP contribution in [0.15, 0.2) is 18.2 Å². The topological polar surface area (TPSA) is 49.8 Å². The third kappa shape index (κ3) is 2.65.